The lowest BCUT2D eigenvalue weighted by Crippen LogP contribution is -2.19. The topological polar surface area (TPSA) is 71.1 Å². The molecular formula is C26H19Cl2N3O2S. The molecule has 5 nitrogen and oxygen atoms in total. The minimum Gasteiger partial charge on any atom is -0.325 e. The van der Waals surface area contributed by atoms with Crippen LogP contribution in [0.15, 0.2) is 102 Å². The zero-order chi connectivity index (χ0) is 23.9. The number of rotatable bonds is 7. The Balaban J connectivity index is 1.48. The molecule has 3 aromatic carbocycles. The Morgan fingerprint density at radius 1 is 0.794 bits per heavy atom. The van der Waals surface area contributed by atoms with Crippen molar-refractivity contribution in [1.29, 1.82) is 0 Å². The van der Waals surface area contributed by atoms with Crippen LogP contribution in [0.3, 0.4) is 0 Å². The van der Waals surface area contributed by atoms with Crippen molar-refractivity contribution in [2.75, 3.05) is 10.6 Å². The van der Waals surface area contributed by atoms with Gasteiger partial charge in [-0.2, -0.15) is 0 Å². The third-order valence-electron chi connectivity index (χ3n) is 4.83. The normalized spacial score (nSPS) is 11.5. The second kappa shape index (κ2) is 11.2. The first-order valence-corrected chi connectivity index (χ1v) is 11.9. The average Bonchev–Trinajstić information content (AvgIpc) is 2.84. The lowest BCUT2D eigenvalue weighted by atomic mass is 10.1. The summed E-state index contributed by atoms with van der Waals surface area (Å²) in [5.41, 5.74) is 2.51. The van der Waals surface area contributed by atoms with E-state index >= 15 is 0 Å². The summed E-state index contributed by atoms with van der Waals surface area (Å²) in [6, 6.07) is 25.1. The average molecular weight is 508 g/mol. The summed E-state index contributed by atoms with van der Waals surface area (Å²) < 4.78 is 0. The summed E-state index contributed by atoms with van der Waals surface area (Å²) in [6.07, 6.45) is 3.26. The van der Waals surface area contributed by atoms with E-state index in [0.717, 1.165) is 10.5 Å². The van der Waals surface area contributed by atoms with Crippen LogP contribution in [-0.2, 0) is 4.79 Å². The molecule has 0 aliphatic carbocycles. The number of nitrogens with zero attached hydrogens (tertiary/aromatic N) is 1. The van der Waals surface area contributed by atoms with Crippen molar-refractivity contribution in [3.8, 4) is 0 Å². The van der Waals surface area contributed by atoms with Crippen molar-refractivity contribution in [3.63, 3.8) is 0 Å². The summed E-state index contributed by atoms with van der Waals surface area (Å²) in [5, 5.41) is 6.04. The molecule has 1 unspecified atom stereocenters. The summed E-state index contributed by atoms with van der Waals surface area (Å²) in [7, 11) is 0. The van der Waals surface area contributed by atoms with Crippen LogP contribution in [0, 0.1) is 0 Å². The minimum absolute atomic E-state index is 0.142. The maximum Gasteiger partial charge on any atom is 0.257 e. The van der Waals surface area contributed by atoms with Crippen molar-refractivity contribution in [1.82, 2.24) is 4.98 Å². The van der Waals surface area contributed by atoms with Crippen LogP contribution in [0.1, 0.15) is 21.2 Å². The molecule has 2 N–H and O–H groups in total. The van der Waals surface area contributed by atoms with Crippen LogP contribution in [0.5, 0.6) is 0 Å². The SMILES string of the molecule is O=C(Nc1ccc(SC(C(=O)Nc2ccncc2)c2ccccc2)cc1)c1ccc(Cl)cc1Cl. The smallest absolute Gasteiger partial charge is 0.257 e. The Bertz CT molecular complexity index is 1290. The number of carbonyl (C=O) groups is 2. The highest BCUT2D eigenvalue weighted by Gasteiger charge is 2.22. The van der Waals surface area contributed by atoms with Gasteiger partial charge < -0.3 is 10.6 Å². The number of carbonyl (C=O) groups excluding carboxylic acids is 2. The van der Waals surface area contributed by atoms with Gasteiger partial charge in [-0.05, 0) is 60.2 Å². The van der Waals surface area contributed by atoms with Gasteiger partial charge in [-0.25, -0.2) is 0 Å². The number of pyridine rings is 1. The first kappa shape index (κ1) is 23.8. The summed E-state index contributed by atoms with van der Waals surface area (Å²) in [6.45, 7) is 0. The largest absolute Gasteiger partial charge is 0.325 e. The maximum atomic E-state index is 13.1. The molecule has 4 aromatic rings. The zero-order valence-electron chi connectivity index (χ0n) is 17.7. The number of halogens is 2. The van der Waals surface area contributed by atoms with Crippen molar-refractivity contribution >= 4 is 58.2 Å². The van der Waals surface area contributed by atoms with E-state index in [1.165, 1.54) is 17.8 Å². The molecule has 0 radical (unpaired) electrons. The van der Waals surface area contributed by atoms with Gasteiger partial charge in [-0.1, -0.05) is 53.5 Å². The van der Waals surface area contributed by atoms with E-state index in [0.29, 0.717) is 22.0 Å². The maximum absolute atomic E-state index is 13.1. The van der Waals surface area contributed by atoms with E-state index in [2.05, 4.69) is 15.6 Å². The Morgan fingerprint density at radius 2 is 1.47 bits per heavy atom. The third-order valence-corrected chi connectivity index (χ3v) is 6.64. The molecule has 2 amide bonds. The fourth-order valence-corrected chi connectivity index (χ4v) is 4.69. The highest BCUT2D eigenvalue weighted by atomic mass is 35.5. The van der Waals surface area contributed by atoms with Gasteiger partial charge in [0.1, 0.15) is 5.25 Å². The molecule has 1 heterocycles. The Morgan fingerprint density at radius 3 is 2.15 bits per heavy atom. The minimum atomic E-state index is -0.470. The number of hydrogen-bond acceptors (Lipinski definition) is 4. The Labute approximate surface area is 211 Å². The number of amides is 2. The van der Waals surface area contributed by atoms with E-state index < -0.39 is 5.25 Å². The van der Waals surface area contributed by atoms with Crippen molar-refractivity contribution in [2.45, 2.75) is 10.1 Å². The molecule has 0 fully saturated rings. The van der Waals surface area contributed by atoms with Crippen LogP contribution >= 0.6 is 35.0 Å². The molecule has 4 rings (SSSR count). The molecular weight excluding hydrogens is 489 g/mol. The fourth-order valence-electron chi connectivity index (χ4n) is 3.17. The van der Waals surface area contributed by atoms with E-state index in [4.69, 9.17) is 23.2 Å². The predicted molar refractivity (Wildman–Crippen MR) is 139 cm³/mol. The van der Waals surface area contributed by atoms with Crippen molar-refractivity contribution < 1.29 is 9.59 Å². The molecule has 170 valence electrons. The van der Waals surface area contributed by atoms with Crippen LogP contribution in [0.2, 0.25) is 10.0 Å². The lowest BCUT2D eigenvalue weighted by Gasteiger charge is -2.17. The Kier molecular flexibility index (Phi) is 7.85. The van der Waals surface area contributed by atoms with Gasteiger partial charge in [-0.3, -0.25) is 14.6 Å². The molecule has 1 atom stereocenters. The molecule has 0 spiro atoms. The molecule has 8 heteroatoms. The predicted octanol–water partition coefficient (Wildman–Crippen LogP) is 7.11. The highest BCUT2D eigenvalue weighted by Crippen LogP contribution is 2.36. The number of anilines is 2. The first-order valence-electron chi connectivity index (χ1n) is 10.3. The molecule has 0 saturated heterocycles. The van der Waals surface area contributed by atoms with E-state index in [9.17, 15) is 9.59 Å². The molecule has 0 bridgehead atoms. The quantitative estimate of drug-likeness (QED) is 0.261. The number of thioether (sulfide) groups is 1. The van der Waals surface area contributed by atoms with Crippen LogP contribution in [0.4, 0.5) is 11.4 Å². The van der Waals surface area contributed by atoms with Gasteiger partial charge in [0.2, 0.25) is 5.91 Å². The summed E-state index contributed by atoms with van der Waals surface area (Å²) in [4.78, 5) is 30.5. The standard InChI is InChI=1S/C26H19Cl2N3O2S/c27-18-6-11-22(23(28)16-18)25(32)30-19-7-9-21(10-8-19)34-24(17-4-2-1-3-5-17)26(33)31-20-12-14-29-15-13-20/h1-16,24H,(H,30,32)(H,29,31,33). The monoisotopic (exact) mass is 507 g/mol. The second-order valence-corrected chi connectivity index (χ2v) is 9.26. The fraction of sp³-hybridized carbons (Fsp3) is 0.0385. The zero-order valence-corrected chi connectivity index (χ0v) is 20.1. The summed E-state index contributed by atoms with van der Waals surface area (Å²) >= 11 is 13.5. The van der Waals surface area contributed by atoms with Crippen LogP contribution < -0.4 is 10.6 Å². The number of nitrogens with one attached hydrogen (secondary N) is 2. The molecule has 1 aromatic heterocycles. The molecule has 0 aliphatic heterocycles. The third kappa shape index (κ3) is 6.17. The second-order valence-electron chi connectivity index (χ2n) is 7.24. The van der Waals surface area contributed by atoms with Gasteiger partial charge in [0.15, 0.2) is 0 Å². The Hall–Kier alpha value is -3.32. The van der Waals surface area contributed by atoms with Gasteiger partial charge >= 0.3 is 0 Å². The highest BCUT2D eigenvalue weighted by molar-refractivity contribution is 8.00. The van der Waals surface area contributed by atoms with Gasteiger partial charge in [0.05, 0.1) is 10.6 Å². The molecule has 0 saturated carbocycles. The lowest BCUT2D eigenvalue weighted by molar-refractivity contribution is -0.115. The van der Waals surface area contributed by atoms with Gasteiger partial charge in [-0.15, -0.1) is 11.8 Å². The number of benzene rings is 3. The number of hydrogen-bond donors (Lipinski definition) is 2. The van der Waals surface area contributed by atoms with Gasteiger partial charge in [0.25, 0.3) is 5.91 Å². The van der Waals surface area contributed by atoms with Gasteiger partial charge in [0, 0.05) is 33.7 Å². The van der Waals surface area contributed by atoms with E-state index in [1.54, 1.807) is 48.8 Å². The van der Waals surface area contributed by atoms with Crippen LogP contribution in [-0.4, -0.2) is 16.8 Å². The van der Waals surface area contributed by atoms with Crippen molar-refractivity contribution in [2.24, 2.45) is 0 Å². The first-order chi connectivity index (χ1) is 16.5. The molecule has 34 heavy (non-hydrogen) atoms. The summed E-state index contributed by atoms with van der Waals surface area (Å²) in [5.74, 6) is -0.474. The van der Waals surface area contributed by atoms with Crippen LogP contribution in [0.25, 0.3) is 0 Å². The van der Waals surface area contributed by atoms with E-state index in [-0.39, 0.29) is 16.8 Å². The molecule has 0 aliphatic rings. The number of aromatic nitrogens is 1. The van der Waals surface area contributed by atoms with Crippen molar-refractivity contribution in [3.05, 3.63) is 118 Å². The van der Waals surface area contributed by atoms with E-state index in [1.807, 2.05) is 42.5 Å².